The van der Waals surface area contributed by atoms with Gasteiger partial charge in [0, 0.05) is 0 Å². The third-order valence-corrected chi connectivity index (χ3v) is 7.85. The number of rotatable bonds is 4. The molecule has 3 heterocycles. The second-order valence-electron chi connectivity index (χ2n) is 9.69. The molecule has 0 saturated heterocycles. The Kier molecular flexibility index (Phi) is 4.48. The smallest absolute Gasteiger partial charge is 0.135 e. The zero-order valence-corrected chi connectivity index (χ0v) is 18.8. The molecule has 0 radical (unpaired) electrons. The number of nitrogens with one attached hydrogen (secondary N) is 1. The Labute approximate surface area is 195 Å². The number of aliphatic hydroxyl groups excluding tert-OH is 1. The van der Waals surface area contributed by atoms with Crippen LogP contribution in [0.25, 0.3) is 22.6 Å². The molecule has 6 rings (SSSR count). The quantitative estimate of drug-likeness (QED) is 0.453. The van der Waals surface area contributed by atoms with Gasteiger partial charge in [-0.05, 0) is 66.1 Å². The van der Waals surface area contributed by atoms with Gasteiger partial charge in [0.15, 0.2) is 0 Å². The average molecular weight is 460 g/mol. The van der Waals surface area contributed by atoms with Crippen LogP contribution in [0.5, 0.6) is 0 Å². The van der Waals surface area contributed by atoms with Gasteiger partial charge in [0.05, 0.1) is 46.1 Å². The Morgan fingerprint density at radius 2 is 1.76 bits per heavy atom. The molecule has 0 unspecified atom stereocenters. The van der Waals surface area contributed by atoms with E-state index >= 15 is 0 Å². The van der Waals surface area contributed by atoms with Crippen molar-refractivity contribution >= 4 is 0 Å². The van der Waals surface area contributed by atoms with Crippen molar-refractivity contribution in [1.29, 1.82) is 0 Å². The highest BCUT2D eigenvalue weighted by atomic mass is 19.1. The third kappa shape index (κ3) is 2.69. The molecule has 172 valence electrons. The molecular formula is C26H23F2N5O. The second kappa shape index (κ2) is 7.24. The lowest BCUT2D eigenvalue weighted by Crippen LogP contribution is -2.37. The topological polar surface area (TPSA) is 87.6 Å². The molecule has 6 nitrogen and oxygen atoms in total. The maximum atomic E-state index is 14.5. The van der Waals surface area contributed by atoms with Crippen LogP contribution in [0, 0.1) is 17.0 Å². The van der Waals surface area contributed by atoms with Gasteiger partial charge in [-0.3, -0.25) is 10.1 Å². The summed E-state index contributed by atoms with van der Waals surface area (Å²) < 4.78 is 28.9. The van der Waals surface area contributed by atoms with Gasteiger partial charge < -0.3 is 5.11 Å². The molecule has 1 fully saturated rings. The summed E-state index contributed by atoms with van der Waals surface area (Å²) in [6.45, 7) is 4.30. The molecule has 2 aliphatic carbocycles. The highest BCUT2D eigenvalue weighted by Gasteiger charge is 2.65. The zero-order chi connectivity index (χ0) is 23.7. The van der Waals surface area contributed by atoms with Gasteiger partial charge >= 0.3 is 0 Å². The molecule has 34 heavy (non-hydrogen) atoms. The number of aromatic amines is 1. The number of fused-ring (bicyclic) bond motifs is 5. The first-order valence-electron chi connectivity index (χ1n) is 11.3. The van der Waals surface area contributed by atoms with E-state index < -0.39 is 17.0 Å². The fourth-order valence-corrected chi connectivity index (χ4v) is 6.15. The molecule has 8 heteroatoms. The zero-order valence-electron chi connectivity index (χ0n) is 18.8. The van der Waals surface area contributed by atoms with Crippen LogP contribution in [0.15, 0.2) is 48.5 Å². The predicted molar refractivity (Wildman–Crippen MR) is 122 cm³/mol. The normalized spacial score (nSPS) is 22.2. The number of nitrogens with zero attached hydrogens (tertiary/aromatic N) is 4. The lowest BCUT2D eigenvalue weighted by molar-refractivity contribution is 0.243. The van der Waals surface area contributed by atoms with Crippen LogP contribution in [0.4, 0.5) is 8.78 Å². The summed E-state index contributed by atoms with van der Waals surface area (Å²) in [7, 11) is 0. The fraction of sp³-hybridized carbons (Fsp3) is 0.308. The van der Waals surface area contributed by atoms with Gasteiger partial charge in [-0.25, -0.2) is 8.78 Å². The SMILES string of the molecule is CC1(C)[C@H]2CC[C@]1(c1cccc(-c3cc(CO)[nH]n3)n1)c1nnc(-c3c(F)cccc3F)cc12. The van der Waals surface area contributed by atoms with Crippen molar-refractivity contribution in [2.75, 3.05) is 0 Å². The molecule has 0 spiro atoms. The van der Waals surface area contributed by atoms with Gasteiger partial charge in [-0.15, -0.1) is 5.10 Å². The van der Waals surface area contributed by atoms with E-state index in [1.807, 2.05) is 24.3 Å². The number of pyridine rings is 1. The maximum Gasteiger partial charge on any atom is 0.135 e. The van der Waals surface area contributed by atoms with Gasteiger partial charge in [-0.2, -0.15) is 10.2 Å². The first-order chi connectivity index (χ1) is 16.4. The molecule has 3 aromatic heterocycles. The molecule has 0 amide bonds. The van der Waals surface area contributed by atoms with Crippen molar-refractivity contribution in [3.63, 3.8) is 0 Å². The van der Waals surface area contributed by atoms with Crippen LogP contribution in [-0.2, 0) is 12.0 Å². The summed E-state index contributed by atoms with van der Waals surface area (Å²) in [5.41, 5.74) is 4.04. The molecule has 2 aliphatic rings. The summed E-state index contributed by atoms with van der Waals surface area (Å²) in [4.78, 5) is 4.99. The standard InChI is InChI=1S/C26H23F2N5O/c1-25(2)16-9-10-26(25,22-8-4-7-19(29-22)20-11-14(13-34)30-31-20)24-15(16)12-21(32-33-24)23-17(27)5-3-6-18(23)28/h3-8,11-12,16,34H,9-10,13H2,1-2H3,(H,30,31)/t16-,26-/m0/s1. The minimum absolute atomic E-state index is 0.126. The van der Waals surface area contributed by atoms with Crippen LogP contribution in [0.1, 0.15) is 55.3 Å². The predicted octanol–water partition coefficient (Wildman–Crippen LogP) is 4.90. The maximum absolute atomic E-state index is 14.5. The van der Waals surface area contributed by atoms with Crippen LogP contribution >= 0.6 is 0 Å². The van der Waals surface area contributed by atoms with Gasteiger partial charge in [-0.1, -0.05) is 26.0 Å². The highest BCUT2D eigenvalue weighted by Crippen LogP contribution is 2.69. The van der Waals surface area contributed by atoms with Crippen molar-refractivity contribution in [2.45, 2.75) is 44.6 Å². The molecule has 0 aliphatic heterocycles. The molecule has 1 aromatic carbocycles. The molecule has 1 saturated carbocycles. The number of halogens is 2. The Balaban J connectivity index is 1.51. The van der Waals surface area contributed by atoms with Gasteiger partial charge in [0.1, 0.15) is 17.3 Å². The van der Waals surface area contributed by atoms with E-state index in [1.165, 1.54) is 18.2 Å². The van der Waals surface area contributed by atoms with Crippen LogP contribution in [0.2, 0.25) is 0 Å². The minimum atomic E-state index is -0.651. The molecular weight excluding hydrogens is 436 g/mol. The lowest BCUT2D eigenvalue weighted by Gasteiger charge is -2.37. The van der Waals surface area contributed by atoms with Crippen LogP contribution in [0.3, 0.4) is 0 Å². The van der Waals surface area contributed by atoms with Crippen molar-refractivity contribution in [2.24, 2.45) is 5.41 Å². The van der Waals surface area contributed by atoms with E-state index in [1.54, 1.807) is 6.07 Å². The van der Waals surface area contributed by atoms with Crippen molar-refractivity contribution in [1.82, 2.24) is 25.4 Å². The first kappa shape index (κ1) is 21.0. The van der Waals surface area contributed by atoms with Crippen molar-refractivity contribution in [3.05, 3.63) is 82.8 Å². The number of aromatic nitrogens is 5. The lowest BCUT2D eigenvalue weighted by atomic mass is 9.66. The fourth-order valence-electron chi connectivity index (χ4n) is 6.15. The largest absolute Gasteiger partial charge is 0.390 e. The van der Waals surface area contributed by atoms with E-state index in [0.717, 1.165) is 29.8 Å². The molecule has 2 N–H and O–H groups in total. The average Bonchev–Trinajstić information content (AvgIpc) is 3.47. The number of benzene rings is 1. The summed E-state index contributed by atoms with van der Waals surface area (Å²) in [5, 5.41) is 25.3. The Morgan fingerprint density at radius 1 is 1.00 bits per heavy atom. The Hall–Kier alpha value is -3.52. The second-order valence-corrected chi connectivity index (χ2v) is 9.69. The van der Waals surface area contributed by atoms with Crippen molar-refractivity contribution < 1.29 is 13.9 Å². The Bertz CT molecular complexity index is 1410. The first-order valence-corrected chi connectivity index (χ1v) is 11.3. The summed E-state index contributed by atoms with van der Waals surface area (Å²) in [6, 6.07) is 13.3. The number of H-pyrrole nitrogens is 1. The summed E-state index contributed by atoms with van der Waals surface area (Å²) >= 11 is 0. The number of hydrogen-bond acceptors (Lipinski definition) is 5. The molecule has 4 aromatic rings. The van der Waals surface area contributed by atoms with E-state index in [2.05, 4.69) is 34.2 Å². The van der Waals surface area contributed by atoms with Gasteiger partial charge in [0.2, 0.25) is 0 Å². The van der Waals surface area contributed by atoms with E-state index in [4.69, 9.17) is 4.98 Å². The van der Waals surface area contributed by atoms with Crippen LogP contribution in [-0.4, -0.2) is 30.5 Å². The minimum Gasteiger partial charge on any atom is -0.390 e. The van der Waals surface area contributed by atoms with E-state index in [9.17, 15) is 13.9 Å². The monoisotopic (exact) mass is 459 g/mol. The van der Waals surface area contributed by atoms with E-state index in [-0.39, 0.29) is 29.2 Å². The Morgan fingerprint density at radius 3 is 2.50 bits per heavy atom. The van der Waals surface area contributed by atoms with Crippen LogP contribution < -0.4 is 0 Å². The third-order valence-electron chi connectivity index (χ3n) is 7.85. The highest BCUT2D eigenvalue weighted by molar-refractivity contribution is 5.64. The van der Waals surface area contributed by atoms with Gasteiger partial charge in [0.25, 0.3) is 0 Å². The van der Waals surface area contributed by atoms with E-state index in [0.29, 0.717) is 17.1 Å². The number of aliphatic hydroxyl groups is 1. The summed E-state index contributed by atoms with van der Waals surface area (Å²) in [6.07, 6.45) is 1.78. The molecule has 2 atom stereocenters. The summed E-state index contributed by atoms with van der Waals surface area (Å²) in [5.74, 6) is -1.13. The number of hydrogen-bond donors (Lipinski definition) is 2. The van der Waals surface area contributed by atoms with Crippen molar-refractivity contribution in [3.8, 4) is 22.6 Å². The molecule has 2 bridgehead atoms.